The average molecular weight is 401 g/mol. The van der Waals surface area contributed by atoms with Crippen molar-refractivity contribution >= 4 is 5.69 Å². The van der Waals surface area contributed by atoms with Crippen LogP contribution in [-0.2, 0) is 16.8 Å². The van der Waals surface area contributed by atoms with E-state index in [1.165, 1.54) is 24.7 Å². The van der Waals surface area contributed by atoms with E-state index in [2.05, 4.69) is 15.0 Å². The van der Waals surface area contributed by atoms with Gasteiger partial charge in [-0.1, -0.05) is 27.7 Å². The molecule has 3 rings (SSSR count). The number of rotatable bonds is 5. The molecule has 8 nitrogen and oxygen atoms in total. The van der Waals surface area contributed by atoms with Crippen LogP contribution in [0.1, 0.15) is 50.9 Å². The van der Waals surface area contributed by atoms with Gasteiger partial charge in [0.25, 0.3) is 5.69 Å². The van der Waals surface area contributed by atoms with E-state index < -0.39 is 4.92 Å². The molecule has 0 saturated heterocycles. The summed E-state index contributed by atoms with van der Waals surface area (Å²) in [6.45, 7) is 7.92. The predicted octanol–water partition coefficient (Wildman–Crippen LogP) is 4.54. The quantitative estimate of drug-likeness (QED) is 0.456. The van der Waals surface area contributed by atoms with Gasteiger partial charge in [0.1, 0.15) is 23.9 Å². The molecule has 26 heavy (non-hydrogen) atoms. The summed E-state index contributed by atoms with van der Waals surface area (Å²) >= 11 is 0. The summed E-state index contributed by atoms with van der Waals surface area (Å²) in [5.41, 5.74) is 1.90. The van der Waals surface area contributed by atoms with Crippen LogP contribution < -0.4 is 0 Å². The number of oxazole rings is 2. The molecule has 3 aromatic heterocycles. The summed E-state index contributed by atoms with van der Waals surface area (Å²) in [7, 11) is 0. The van der Waals surface area contributed by atoms with Crippen molar-refractivity contribution in [2.24, 2.45) is 0 Å². The SMILES string of the molecule is CC(C)c1coc(-c2cc([N+](=O)[O-])cc(-c3nc(C(C)C)co3)n2)n1.[Co]. The van der Waals surface area contributed by atoms with E-state index in [0.717, 1.165) is 11.4 Å². The Morgan fingerprint density at radius 1 is 0.885 bits per heavy atom. The zero-order chi connectivity index (χ0) is 18.1. The molecule has 0 atom stereocenters. The summed E-state index contributed by atoms with van der Waals surface area (Å²) in [6, 6.07) is 2.65. The predicted molar refractivity (Wildman–Crippen MR) is 90.1 cm³/mol. The van der Waals surface area contributed by atoms with Crippen LogP contribution in [0.15, 0.2) is 33.5 Å². The molecule has 139 valence electrons. The van der Waals surface area contributed by atoms with Crippen molar-refractivity contribution in [3.05, 3.63) is 46.2 Å². The maximum absolute atomic E-state index is 11.3. The first-order valence-corrected chi connectivity index (χ1v) is 7.93. The number of hydrogen-bond donors (Lipinski definition) is 0. The summed E-state index contributed by atoms with van der Waals surface area (Å²) in [5.74, 6) is 0.806. The van der Waals surface area contributed by atoms with Gasteiger partial charge in [-0.05, 0) is 11.8 Å². The van der Waals surface area contributed by atoms with E-state index >= 15 is 0 Å². The molecule has 0 fully saturated rings. The van der Waals surface area contributed by atoms with Gasteiger partial charge in [0.05, 0.1) is 16.3 Å². The van der Waals surface area contributed by atoms with Gasteiger partial charge >= 0.3 is 0 Å². The van der Waals surface area contributed by atoms with Crippen LogP contribution in [0.25, 0.3) is 23.2 Å². The number of hydrogen-bond acceptors (Lipinski definition) is 7. The van der Waals surface area contributed by atoms with Crippen molar-refractivity contribution in [2.45, 2.75) is 39.5 Å². The molecule has 0 aromatic carbocycles. The third-order valence-corrected chi connectivity index (χ3v) is 3.69. The van der Waals surface area contributed by atoms with Gasteiger partial charge in [-0.15, -0.1) is 0 Å². The minimum absolute atomic E-state index is 0. The molecule has 0 spiro atoms. The van der Waals surface area contributed by atoms with Crippen molar-refractivity contribution in [3.63, 3.8) is 0 Å². The van der Waals surface area contributed by atoms with E-state index in [9.17, 15) is 10.1 Å². The second kappa shape index (κ2) is 7.79. The van der Waals surface area contributed by atoms with Crippen LogP contribution in [0.4, 0.5) is 5.69 Å². The van der Waals surface area contributed by atoms with Gasteiger partial charge in [-0.2, -0.15) is 0 Å². The van der Waals surface area contributed by atoms with Crippen LogP contribution in [0, 0.1) is 10.1 Å². The molecule has 0 N–H and O–H groups in total. The third-order valence-electron chi connectivity index (χ3n) is 3.69. The van der Waals surface area contributed by atoms with E-state index in [4.69, 9.17) is 8.83 Å². The molecule has 0 aliphatic heterocycles. The molecule has 0 aliphatic carbocycles. The van der Waals surface area contributed by atoms with Gasteiger partial charge in [0.15, 0.2) is 0 Å². The number of nitro groups is 1. The second-order valence-electron chi connectivity index (χ2n) is 6.32. The minimum Gasteiger partial charge on any atom is -0.443 e. The first-order chi connectivity index (χ1) is 11.8. The monoisotopic (exact) mass is 401 g/mol. The van der Waals surface area contributed by atoms with Crippen molar-refractivity contribution in [1.29, 1.82) is 0 Å². The molecule has 9 heteroatoms. The van der Waals surface area contributed by atoms with E-state index in [0.29, 0.717) is 0 Å². The van der Waals surface area contributed by atoms with Crippen LogP contribution in [-0.4, -0.2) is 19.9 Å². The van der Waals surface area contributed by atoms with Gasteiger partial charge < -0.3 is 8.83 Å². The molecule has 3 heterocycles. The summed E-state index contributed by atoms with van der Waals surface area (Å²) < 4.78 is 10.9. The molecule has 1 radical (unpaired) electrons. The normalized spacial score (nSPS) is 11.0. The molecule has 0 bridgehead atoms. The Morgan fingerprint density at radius 2 is 1.31 bits per heavy atom. The van der Waals surface area contributed by atoms with E-state index in [-0.39, 0.29) is 57.5 Å². The molecule has 0 amide bonds. The van der Waals surface area contributed by atoms with Crippen molar-refractivity contribution < 1.29 is 30.5 Å². The van der Waals surface area contributed by atoms with E-state index in [1.807, 2.05) is 27.7 Å². The van der Waals surface area contributed by atoms with Crippen LogP contribution in [0.3, 0.4) is 0 Å². The molecule has 0 unspecified atom stereocenters. The topological polar surface area (TPSA) is 108 Å². The van der Waals surface area contributed by atoms with Gasteiger partial charge in [-0.3, -0.25) is 10.1 Å². The Hall–Kier alpha value is -2.52. The van der Waals surface area contributed by atoms with Crippen molar-refractivity contribution in [3.8, 4) is 23.2 Å². The summed E-state index contributed by atoms with van der Waals surface area (Å²) in [5, 5.41) is 11.3. The zero-order valence-corrected chi connectivity index (χ0v) is 15.8. The average Bonchev–Trinajstić information content (AvgIpc) is 3.24. The van der Waals surface area contributed by atoms with Gasteiger partial charge in [0, 0.05) is 28.9 Å². The molecule has 0 saturated carbocycles. The first-order valence-electron chi connectivity index (χ1n) is 7.93. The fraction of sp³-hybridized carbons (Fsp3) is 0.353. The summed E-state index contributed by atoms with van der Waals surface area (Å²) in [4.78, 5) is 23.9. The Labute approximate surface area is 160 Å². The van der Waals surface area contributed by atoms with Crippen LogP contribution >= 0.6 is 0 Å². The van der Waals surface area contributed by atoms with Crippen LogP contribution in [0.2, 0.25) is 0 Å². The first kappa shape index (κ1) is 19.8. The van der Waals surface area contributed by atoms with Crippen molar-refractivity contribution in [2.75, 3.05) is 0 Å². The maximum atomic E-state index is 11.3. The Kier molecular flexibility index (Phi) is 5.93. The smallest absolute Gasteiger partial charge is 0.274 e. The second-order valence-corrected chi connectivity index (χ2v) is 6.32. The molecule has 3 aromatic rings. The van der Waals surface area contributed by atoms with E-state index in [1.54, 1.807) is 0 Å². The third kappa shape index (κ3) is 4.00. The Bertz CT molecular complexity index is 853. The molecular weight excluding hydrogens is 383 g/mol. The number of aromatic nitrogens is 3. The van der Waals surface area contributed by atoms with Crippen LogP contribution in [0.5, 0.6) is 0 Å². The Morgan fingerprint density at radius 3 is 1.62 bits per heavy atom. The fourth-order valence-electron chi connectivity index (χ4n) is 2.18. The standard InChI is InChI=1S/C17H18N4O4.Co/c1-9(2)14-7-24-16(19-14)12-5-11(21(22)23)6-13(18-12)17-20-15(8-25-17)10(3)4;/h5-10H,1-4H3;. The minimum atomic E-state index is -0.493. The number of pyridine rings is 1. The Balaban J connectivity index is 0.00000243. The molecule has 0 aliphatic rings. The maximum Gasteiger partial charge on any atom is 0.274 e. The van der Waals surface area contributed by atoms with Crippen molar-refractivity contribution in [1.82, 2.24) is 15.0 Å². The van der Waals surface area contributed by atoms with Gasteiger partial charge in [0.2, 0.25) is 11.8 Å². The zero-order valence-electron chi connectivity index (χ0n) is 14.7. The summed E-state index contributed by atoms with van der Waals surface area (Å²) in [6.07, 6.45) is 3.06. The largest absolute Gasteiger partial charge is 0.443 e. The van der Waals surface area contributed by atoms with Gasteiger partial charge in [-0.25, -0.2) is 15.0 Å². The fourth-order valence-corrected chi connectivity index (χ4v) is 2.18. The number of nitrogens with zero attached hydrogens (tertiary/aromatic N) is 4. The molecular formula is C17H18CoN4O4.